The van der Waals surface area contributed by atoms with Gasteiger partial charge in [0.05, 0.1) is 32.6 Å². The minimum Gasteiger partial charge on any atom is -0.497 e. The number of hydrogen-bond donors (Lipinski definition) is 0. The summed E-state index contributed by atoms with van der Waals surface area (Å²) >= 11 is 0. The van der Waals surface area contributed by atoms with Gasteiger partial charge < -0.3 is 18.6 Å². The molecular formula is C23H28N2O4. The maximum absolute atomic E-state index is 5.98. The monoisotopic (exact) mass is 396 g/mol. The highest BCUT2D eigenvalue weighted by Gasteiger charge is 2.19. The van der Waals surface area contributed by atoms with Crippen LogP contribution in [0.3, 0.4) is 0 Å². The van der Waals surface area contributed by atoms with Crippen LogP contribution in [0.2, 0.25) is 0 Å². The number of hydrogen-bond acceptors (Lipinski definition) is 6. The molecule has 3 rings (SSSR count). The highest BCUT2D eigenvalue weighted by molar-refractivity contribution is 5.68. The van der Waals surface area contributed by atoms with E-state index in [1.165, 1.54) is 5.56 Å². The number of aromatic nitrogens is 1. The zero-order valence-electron chi connectivity index (χ0n) is 17.9. The van der Waals surface area contributed by atoms with E-state index in [2.05, 4.69) is 18.0 Å². The van der Waals surface area contributed by atoms with Gasteiger partial charge in [-0.25, -0.2) is 4.98 Å². The van der Waals surface area contributed by atoms with Gasteiger partial charge in [-0.2, -0.15) is 0 Å². The first-order valence-electron chi connectivity index (χ1n) is 9.46. The van der Waals surface area contributed by atoms with Gasteiger partial charge in [-0.1, -0.05) is 12.1 Å². The summed E-state index contributed by atoms with van der Waals surface area (Å²) in [5.74, 6) is 3.69. The number of rotatable bonds is 8. The summed E-state index contributed by atoms with van der Waals surface area (Å²) < 4.78 is 22.3. The molecule has 0 saturated heterocycles. The van der Waals surface area contributed by atoms with Crippen molar-refractivity contribution in [2.75, 3.05) is 28.4 Å². The van der Waals surface area contributed by atoms with E-state index in [-0.39, 0.29) is 0 Å². The molecule has 6 heteroatoms. The summed E-state index contributed by atoms with van der Waals surface area (Å²) in [4.78, 5) is 6.94. The number of ether oxygens (including phenoxy) is 3. The van der Waals surface area contributed by atoms with Crippen LogP contribution >= 0.6 is 0 Å². The molecule has 0 fully saturated rings. The van der Waals surface area contributed by atoms with Crippen LogP contribution in [0.5, 0.6) is 17.2 Å². The van der Waals surface area contributed by atoms with E-state index in [4.69, 9.17) is 23.6 Å². The minimum atomic E-state index is 0.551. The third-order valence-electron chi connectivity index (χ3n) is 4.91. The van der Waals surface area contributed by atoms with Crippen molar-refractivity contribution in [2.24, 2.45) is 0 Å². The van der Waals surface area contributed by atoms with Crippen LogP contribution in [-0.2, 0) is 13.1 Å². The maximum Gasteiger partial charge on any atom is 0.230 e. The Morgan fingerprint density at radius 1 is 0.966 bits per heavy atom. The number of benzene rings is 2. The van der Waals surface area contributed by atoms with Crippen LogP contribution in [0.15, 0.2) is 40.8 Å². The van der Waals surface area contributed by atoms with E-state index in [0.29, 0.717) is 18.2 Å². The smallest absolute Gasteiger partial charge is 0.230 e. The van der Waals surface area contributed by atoms with Crippen molar-refractivity contribution in [1.82, 2.24) is 9.88 Å². The second kappa shape index (κ2) is 9.01. The van der Waals surface area contributed by atoms with Gasteiger partial charge >= 0.3 is 0 Å². The molecule has 154 valence electrons. The molecule has 29 heavy (non-hydrogen) atoms. The van der Waals surface area contributed by atoms with Gasteiger partial charge in [0.1, 0.15) is 23.0 Å². The van der Waals surface area contributed by atoms with Gasteiger partial charge in [-0.3, -0.25) is 4.90 Å². The first kappa shape index (κ1) is 20.7. The third-order valence-corrected chi connectivity index (χ3v) is 4.91. The summed E-state index contributed by atoms with van der Waals surface area (Å²) in [6.07, 6.45) is 0. The molecule has 2 aromatic carbocycles. The van der Waals surface area contributed by atoms with E-state index >= 15 is 0 Å². The number of nitrogens with zero attached hydrogens (tertiary/aromatic N) is 2. The molecule has 3 aromatic rings. The van der Waals surface area contributed by atoms with E-state index in [9.17, 15) is 0 Å². The number of methoxy groups -OCH3 is 3. The molecule has 0 bridgehead atoms. The van der Waals surface area contributed by atoms with Crippen molar-refractivity contribution < 1.29 is 18.6 Å². The van der Waals surface area contributed by atoms with Crippen molar-refractivity contribution in [1.29, 1.82) is 0 Å². The average Bonchev–Trinajstić information content (AvgIpc) is 3.07. The summed E-state index contributed by atoms with van der Waals surface area (Å²) in [6.45, 7) is 5.35. The predicted molar refractivity (Wildman–Crippen MR) is 113 cm³/mol. The zero-order valence-corrected chi connectivity index (χ0v) is 17.9. The highest BCUT2D eigenvalue weighted by Crippen LogP contribution is 2.38. The minimum absolute atomic E-state index is 0.551. The standard InChI is InChI=1S/C23H28N2O4/c1-15-21(27-5)11-10-19(22(15)28-6)23-24-20(16(2)29-23)14-25(3)13-17-8-7-9-18(12-17)26-4/h7-12H,13-14H2,1-6H3. The quantitative estimate of drug-likeness (QED) is 0.554. The maximum atomic E-state index is 5.98. The Bertz CT molecular complexity index is 981. The fourth-order valence-corrected chi connectivity index (χ4v) is 3.41. The van der Waals surface area contributed by atoms with Crippen LogP contribution in [0.25, 0.3) is 11.5 Å². The van der Waals surface area contributed by atoms with Crippen molar-refractivity contribution in [2.45, 2.75) is 26.9 Å². The Balaban J connectivity index is 1.81. The molecule has 0 N–H and O–H groups in total. The molecule has 0 atom stereocenters. The Morgan fingerprint density at radius 3 is 2.45 bits per heavy atom. The molecule has 0 aliphatic rings. The lowest BCUT2D eigenvalue weighted by Gasteiger charge is -2.16. The summed E-state index contributed by atoms with van der Waals surface area (Å²) in [5, 5.41) is 0. The van der Waals surface area contributed by atoms with Crippen LogP contribution in [0, 0.1) is 13.8 Å². The van der Waals surface area contributed by atoms with Crippen molar-refractivity contribution in [3.05, 3.63) is 59.0 Å². The van der Waals surface area contributed by atoms with Gasteiger partial charge in [0.2, 0.25) is 5.89 Å². The second-order valence-electron chi connectivity index (χ2n) is 7.02. The van der Waals surface area contributed by atoms with E-state index in [1.807, 2.05) is 44.2 Å². The Kier molecular flexibility index (Phi) is 6.44. The lowest BCUT2D eigenvalue weighted by atomic mass is 10.1. The van der Waals surface area contributed by atoms with Gasteiger partial charge in [-0.05, 0) is 50.7 Å². The van der Waals surface area contributed by atoms with Crippen LogP contribution < -0.4 is 14.2 Å². The molecule has 1 heterocycles. The van der Waals surface area contributed by atoms with Crippen LogP contribution in [0.4, 0.5) is 0 Å². The molecule has 0 aliphatic carbocycles. The molecule has 0 spiro atoms. The first-order chi connectivity index (χ1) is 14.0. The van der Waals surface area contributed by atoms with Crippen LogP contribution in [0.1, 0.15) is 22.6 Å². The zero-order chi connectivity index (χ0) is 21.0. The molecule has 0 amide bonds. The van der Waals surface area contributed by atoms with Crippen molar-refractivity contribution in [3.63, 3.8) is 0 Å². The van der Waals surface area contributed by atoms with Gasteiger partial charge in [0.25, 0.3) is 0 Å². The second-order valence-corrected chi connectivity index (χ2v) is 7.02. The fourth-order valence-electron chi connectivity index (χ4n) is 3.41. The Hall–Kier alpha value is -2.99. The Morgan fingerprint density at radius 2 is 1.76 bits per heavy atom. The third kappa shape index (κ3) is 4.54. The lowest BCUT2D eigenvalue weighted by Crippen LogP contribution is -2.18. The molecule has 0 unspecified atom stereocenters. The van der Waals surface area contributed by atoms with Gasteiger partial charge in [0.15, 0.2) is 0 Å². The van der Waals surface area contributed by atoms with Gasteiger partial charge in [-0.15, -0.1) is 0 Å². The van der Waals surface area contributed by atoms with E-state index in [0.717, 1.165) is 40.6 Å². The average molecular weight is 396 g/mol. The van der Waals surface area contributed by atoms with E-state index < -0.39 is 0 Å². The summed E-state index contributed by atoms with van der Waals surface area (Å²) in [6, 6.07) is 11.9. The molecule has 1 aromatic heterocycles. The Labute approximate surface area is 172 Å². The van der Waals surface area contributed by atoms with E-state index in [1.54, 1.807) is 21.3 Å². The number of aryl methyl sites for hydroxylation is 1. The van der Waals surface area contributed by atoms with Crippen LogP contribution in [-0.4, -0.2) is 38.3 Å². The van der Waals surface area contributed by atoms with Crippen molar-refractivity contribution >= 4 is 0 Å². The van der Waals surface area contributed by atoms with Crippen molar-refractivity contribution in [3.8, 4) is 28.7 Å². The molecule has 6 nitrogen and oxygen atoms in total. The SMILES string of the molecule is COc1cccc(CN(C)Cc2nc(-c3ccc(OC)c(C)c3OC)oc2C)c1. The molecular weight excluding hydrogens is 368 g/mol. The molecule has 0 aliphatic heterocycles. The topological polar surface area (TPSA) is 57.0 Å². The first-order valence-corrected chi connectivity index (χ1v) is 9.46. The fraction of sp³-hybridized carbons (Fsp3) is 0.348. The highest BCUT2D eigenvalue weighted by atomic mass is 16.5. The molecule has 0 radical (unpaired) electrons. The summed E-state index contributed by atoms with van der Waals surface area (Å²) in [5.41, 5.74) is 3.82. The summed E-state index contributed by atoms with van der Waals surface area (Å²) in [7, 11) is 7.03. The number of oxazole rings is 1. The normalized spacial score (nSPS) is 11.0. The van der Waals surface area contributed by atoms with Gasteiger partial charge in [0, 0.05) is 18.7 Å². The predicted octanol–water partition coefficient (Wildman–Crippen LogP) is 4.62. The lowest BCUT2D eigenvalue weighted by molar-refractivity contribution is 0.312. The molecule has 0 saturated carbocycles. The largest absolute Gasteiger partial charge is 0.497 e.